The molecule has 2 aromatic rings. The molecule has 0 aliphatic heterocycles. The van der Waals surface area contributed by atoms with E-state index >= 15 is 0 Å². The van der Waals surface area contributed by atoms with Gasteiger partial charge >= 0.3 is 0 Å². The summed E-state index contributed by atoms with van der Waals surface area (Å²) in [7, 11) is 0. The Morgan fingerprint density at radius 2 is 2.18 bits per heavy atom. The number of carbonyl (C=O) groups excluding carboxylic acids is 1. The normalized spacial score (nSPS) is 11.4. The quantitative estimate of drug-likeness (QED) is 0.759. The number of amides is 1. The van der Waals surface area contributed by atoms with Crippen molar-refractivity contribution in [2.45, 2.75) is 26.8 Å². The van der Waals surface area contributed by atoms with Gasteiger partial charge in [-0.25, -0.2) is 4.98 Å². The molecule has 0 spiro atoms. The van der Waals surface area contributed by atoms with Crippen LogP contribution in [0.25, 0.3) is 9.88 Å². The average Bonchev–Trinajstić information content (AvgIpc) is 3.11. The number of thiazole rings is 1. The lowest BCUT2D eigenvalue weighted by atomic mass is 10.3. The number of halogens is 1. The predicted molar refractivity (Wildman–Crippen MR) is 97.8 cm³/mol. The second-order valence-electron chi connectivity index (χ2n) is 5.15. The molecular formula is C15H20BrN3OS2. The summed E-state index contributed by atoms with van der Waals surface area (Å²) in [6.45, 7) is 8.95. The van der Waals surface area contributed by atoms with Crippen LogP contribution >= 0.6 is 38.6 Å². The van der Waals surface area contributed by atoms with Crippen LogP contribution in [0.3, 0.4) is 0 Å². The largest absolute Gasteiger partial charge is 0.349 e. The number of thiophene rings is 1. The highest BCUT2D eigenvalue weighted by Gasteiger charge is 2.13. The van der Waals surface area contributed by atoms with Crippen molar-refractivity contribution in [2.24, 2.45) is 0 Å². The van der Waals surface area contributed by atoms with E-state index in [0.717, 1.165) is 27.4 Å². The maximum absolute atomic E-state index is 12.1. The van der Waals surface area contributed by atoms with Crippen LogP contribution in [0.4, 0.5) is 0 Å². The zero-order valence-corrected chi connectivity index (χ0v) is 16.1. The van der Waals surface area contributed by atoms with E-state index in [1.165, 1.54) is 11.3 Å². The topological polar surface area (TPSA) is 45.2 Å². The molecule has 1 N–H and O–H groups in total. The Kier molecular flexibility index (Phi) is 6.55. The Bertz CT molecular complexity index is 624. The lowest BCUT2D eigenvalue weighted by Crippen LogP contribution is -2.38. The molecule has 0 aliphatic carbocycles. The van der Waals surface area contributed by atoms with Gasteiger partial charge in [0.15, 0.2) is 0 Å². The van der Waals surface area contributed by atoms with Gasteiger partial charge in [0, 0.05) is 34.4 Å². The fourth-order valence-corrected chi connectivity index (χ4v) is 4.41. The zero-order valence-electron chi connectivity index (χ0n) is 12.9. The lowest BCUT2D eigenvalue weighted by Gasteiger charge is -2.24. The first-order chi connectivity index (χ1) is 10.5. The number of likely N-dealkylation sites (N-methyl/N-ethyl adjacent to an activating group) is 1. The summed E-state index contributed by atoms with van der Waals surface area (Å²) in [4.78, 5) is 20.0. The molecule has 0 saturated heterocycles. The molecule has 22 heavy (non-hydrogen) atoms. The van der Waals surface area contributed by atoms with E-state index in [-0.39, 0.29) is 5.91 Å². The lowest BCUT2D eigenvalue weighted by molar-refractivity contribution is 0.0941. The van der Waals surface area contributed by atoms with Crippen LogP contribution in [-0.4, -0.2) is 41.5 Å². The smallest absolute Gasteiger partial charge is 0.270 e. The van der Waals surface area contributed by atoms with E-state index in [1.807, 2.05) is 16.8 Å². The number of carbonyl (C=O) groups is 1. The molecule has 0 aliphatic rings. The monoisotopic (exact) mass is 401 g/mol. The summed E-state index contributed by atoms with van der Waals surface area (Å²) in [6, 6.07) is 2.51. The predicted octanol–water partition coefficient (Wildman–Crippen LogP) is 4.09. The molecule has 0 saturated carbocycles. The number of hydrogen-bond acceptors (Lipinski definition) is 5. The first kappa shape index (κ1) is 17.6. The SMILES string of the molecule is CCN(CCNC(=O)c1csc(-c2cc(Br)cs2)n1)C(C)C. The molecule has 4 nitrogen and oxygen atoms in total. The van der Waals surface area contributed by atoms with Gasteiger partial charge < -0.3 is 5.32 Å². The fraction of sp³-hybridized carbons (Fsp3) is 0.467. The minimum Gasteiger partial charge on any atom is -0.349 e. The van der Waals surface area contributed by atoms with Gasteiger partial charge in [0.1, 0.15) is 10.7 Å². The number of nitrogens with zero attached hydrogens (tertiary/aromatic N) is 2. The van der Waals surface area contributed by atoms with Crippen molar-refractivity contribution in [2.75, 3.05) is 19.6 Å². The molecule has 0 unspecified atom stereocenters. The number of aromatic nitrogens is 1. The van der Waals surface area contributed by atoms with E-state index < -0.39 is 0 Å². The molecule has 0 atom stereocenters. The van der Waals surface area contributed by atoms with Crippen molar-refractivity contribution in [1.82, 2.24) is 15.2 Å². The molecular weight excluding hydrogens is 382 g/mol. The standard InChI is InChI=1S/C15H20BrN3OS2/c1-4-19(10(2)3)6-5-17-14(20)12-9-22-15(18-12)13-7-11(16)8-21-13/h7-10H,4-6H2,1-3H3,(H,17,20). The van der Waals surface area contributed by atoms with Crippen molar-refractivity contribution >= 4 is 44.5 Å². The second-order valence-corrected chi connectivity index (χ2v) is 7.83. The van der Waals surface area contributed by atoms with Gasteiger partial charge in [-0.05, 0) is 42.4 Å². The molecule has 0 fully saturated rings. The Morgan fingerprint density at radius 1 is 1.41 bits per heavy atom. The third kappa shape index (κ3) is 4.62. The van der Waals surface area contributed by atoms with Gasteiger partial charge in [-0.15, -0.1) is 22.7 Å². The summed E-state index contributed by atoms with van der Waals surface area (Å²) >= 11 is 6.55. The Balaban J connectivity index is 1.89. The Morgan fingerprint density at radius 3 is 2.77 bits per heavy atom. The first-order valence-corrected chi connectivity index (χ1v) is 9.78. The summed E-state index contributed by atoms with van der Waals surface area (Å²) in [5.74, 6) is -0.0991. The molecule has 2 heterocycles. The third-order valence-electron chi connectivity index (χ3n) is 3.34. The summed E-state index contributed by atoms with van der Waals surface area (Å²) in [5, 5.41) is 7.67. The van der Waals surface area contributed by atoms with Crippen molar-refractivity contribution in [1.29, 1.82) is 0 Å². The average molecular weight is 402 g/mol. The van der Waals surface area contributed by atoms with Gasteiger partial charge in [0.2, 0.25) is 0 Å². The fourth-order valence-electron chi connectivity index (χ4n) is 2.10. The molecule has 0 bridgehead atoms. The van der Waals surface area contributed by atoms with E-state index in [2.05, 4.69) is 51.9 Å². The van der Waals surface area contributed by atoms with E-state index in [0.29, 0.717) is 18.3 Å². The minimum absolute atomic E-state index is 0.0991. The number of nitrogens with one attached hydrogen (secondary N) is 1. The highest BCUT2D eigenvalue weighted by atomic mass is 79.9. The summed E-state index contributed by atoms with van der Waals surface area (Å²) in [6.07, 6.45) is 0. The van der Waals surface area contributed by atoms with Crippen LogP contribution in [0.1, 0.15) is 31.3 Å². The molecule has 0 radical (unpaired) electrons. The molecule has 2 rings (SSSR count). The van der Waals surface area contributed by atoms with Crippen molar-refractivity contribution in [3.8, 4) is 9.88 Å². The maximum Gasteiger partial charge on any atom is 0.270 e. The summed E-state index contributed by atoms with van der Waals surface area (Å²) in [5.41, 5.74) is 0.497. The minimum atomic E-state index is -0.0991. The van der Waals surface area contributed by atoms with Gasteiger partial charge in [0.25, 0.3) is 5.91 Å². The highest BCUT2D eigenvalue weighted by Crippen LogP contribution is 2.31. The van der Waals surface area contributed by atoms with E-state index in [1.54, 1.807) is 11.3 Å². The maximum atomic E-state index is 12.1. The molecule has 120 valence electrons. The van der Waals surface area contributed by atoms with Crippen LogP contribution in [0.5, 0.6) is 0 Å². The van der Waals surface area contributed by atoms with Crippen LogP contribution in [0.2, 0.25) is 0 Å². The van der Waals surface area contributed by atoms with Crippen LogP contribution in [0.15, 0.2) is 21.3 Å². The number of hydrogen-bond donors (Lipinski definition) is 1. The Labute approximate surface area is 147 Å². The highest BCUT2D eigenvalue weighted by molar-refractivity contribution is 9.10. The molecule has 1 amide bonds. The third-order valence-corrected chi connectivity index (χ3v) is 6.04. The van der Waals surface area contributed by atoms with Crippen LogP contribution in [-0.2, 0) is 0 Å². The van der Waals surface area contributed by atoms with Gasteiger partial charge in [-0.1, -0.05) is 6.92 Å². The first-order valence-electron chi connectivity index (χ1n) is 7.23. The van der Waals surface area contributed by atoms with E-state index in [4.69, 9.17) is 0 Å². The van der Waals surface area contributed by atoms with Crippen molar-refractivity contribution < 1.29 is 4.79 Å². The van der Waals surface area contributed by atoms with Gasteiger partial charge in [-0.3, -0.25) is 9.69 Å². The van der Waals surface area contributed by atoms with Crippen molar-refractivity contribution in [3.05, 3.63) is 27.0 Å². The van der Waals surface area contributed by atoms with Gasteiger partial charge in [0.05, 0.1) is 4.88 Å². The number of rotatable bonds is 7. The van der Waals surface area contributed by atoms with Crippen molar-refractivity contribution in [3.63, 3.8) is 0 Å². The molecule has 7 heteroatoms. The second kappa shape index (κ2) is 8.19. The Hall–Kier alpha value is -0.760. The van der Waals surface area contributed by atoms with Crippen LogP contribution in [0, 0.1) is 0 Å². The summed E-state index contributed by atoms with van der Waals surface area (Å²) < 4.78 is 1.04. The van der Waals surface area contributed by atoms with Crippen LogP contribution < -0.4 is 5.32 Å². The molecule has 2 aromatic heterocycles. The van der Waals surface area contributed by atoms with E-state index in [9.17, 15) is 4.79 Å². The van der Waals surface area contributed by atoms with Gasteiger partial charge in [-0.2, -0.15) is 0 Å². The molecule has 0 aromatic carbocycles. The zero-order chi connectivity index (χ0) is 16.1.